The summed E-state index contributed by atoms with van der Waals surface area (Å²) in [6, 6.07) is 14.0. The predicted molar refractivity (Wildman–Crippen MR) is 98.4 cm³/mol. The van der Waals surface area contributed by atoms with Gasteiger partial charge in [-0.15, -0.1) is 0 Å². The summed E-state index contributed by atoms with van der Waals surface area (Å²) in [6.45, 7) is -0.281. The number of nitrogens with zero attached hydrogens (tertiary/aromatic N) is 3. The van der Waals surface area contributed by atoms with Crippen molar-refractivity contribution in [3.05, 3.63) is 70.2 Å². The Balaban J connectivity index is 1.76. The van der Waals surface area contributed by atoms with Gasteiger partial charge in [-0.2, -0.15) is 10.1 Å². The molecule has 0 saturated heterocycles. The molecule has 26 heavy (non-hydrogen) atoms. The number of halogens is 1. The van der Waals surface area contributed by atoms with E-state index in [1.165, 1.54) is 13.3 Å². The highest BCUT2D eigenvalue weighted by Crippen LogP contribution is 2.27. The predicted octanol–water partition coefficient (Wildman–Crippen LogP) is 2.61. The van der Waals surface area contributed by atoms with Gasteiger partial charge in [-0.3, -0.25) is 4.79 Å². The zero-order chi connectivity index (χ0) is 18.5. The molecule has 0 aliphatic heterocycles. The number of hydrogen-bond acceptors (Lipinski definition) is 5. The van der Waals surface area contributed by atoms with Crippen molar-refractivity contribution >= 4 is 23.2 Å². The van der Waals surface area contributed by atoms with E-state index in [1.807, 2.05) is 30.3 Å². The number of hydrogen-bond donors (Lipinski definition) is 1. The number of methoxy groups -OCH3 is 1. The normalized spacial score (nSPS) is 10.4. The lowest BCUT2D eigenvalue weighted by Gasteiger charge is -2.11. The van der Waals surface area contributed by atoms with Crippen molar-refractivity contribution in [1.29, 1.82) is 0 Å². The van der Waals surface area contributed by atoms with Gasteiger partial charge in [0.2, 0.25) is 5.91 Å². The van der Waals surface area contributed by atoms with E-state index in [1.54, 1.807) is 18.2 Å². The monoisotopic (exact) mass is 370 g/mol. The van der Waals surface area contributed by atoms with Gasteiger partial charge in [0.15, 0.2) is 0 Å². The van der Waals surface area contributed by atoms with Crippen LogP contribution >= 0.6 is 11.6 Å². The van der Waals surface area contributed by atoms with Crippen LogP contribution in [0.1, 0.15) is 0 Å². The minimum atomic E-state index is -0.612. The molecule has 1 heterocycles. The number of anilines is 1. The second-order valence-corrected chi connectivity index (χ2v) is 5.78. The van der Waals surface area contributed by atoms with E-state index in [9.17, 15) is 9.59 Å². The van der Waals surface area contributed by atoms with Gasteiger partial charge in [0, 0.05) is 10.6 Å². The molecule has 132 valence electrons. The minimum absolute atomic E-state index is 0.281. The molecule has 1 aromatic heterocycles. The van der Waals surface area contributed by atoms with Gasteiger partial charge in [-0.25, -0.2) is 9.48 Å². The van der Waals surface area contributed by atoms with E-state index in [4.69, 9.17) is 16.3 Å². The molecule has 0 unspecified atom stereocenters. The molecule has 0 bridgehead atoms. The van der Waals surface area contributed by atoms with Crippen LogP contribution < -0.4 is 15.7 Å². The molecule has 1 amide bonds. The Kier molecular flexibility index (Phi) is 5.28. The number of nitrogens with one attached hydrogen (secondary N) is 1. The zero-order valence-corrected chi connectivity index (χ0v) is 14.6. The van der Waals surface area contributed by atoms with Crippen molar-refractivity contribution in [2.75, 3.05) is 12.4 Å². The van der Waals surface area contributed by atoms with E-state index in [0.29, 0.717) is 22.2 Å². The molecule has 0 atom stereocenters. The van der Waals surface area contributed by atoms with Crippen LogP contribution in [0.4, 0.5) is 5.69 Å². The summed E-state index contributed by atoms with van der Waals surface area (Å²) >= 11 is 5.93. The molecule has 0 fully saturated rings. The highest BCUT2D eigenvalue weighted by Gasteiger charge is 2.11. The van der Waals surface area contributed by atoms with Crippen LogP contribution in [-0.2, 0) is 11.3 Å². The van der Waals surface area contributed by atoms with Crippen LogP contribution in [0.25, 0.3) is 11.3 Å². The third kappa shape index (κ3) is 4.07. The first kappa shape index (κ1) is 17.6. The Hall–Kier alpha value is -3.19. The third-order valence-electron chi connectivity index (χ3n) is 3.55. The molecule has 0 radical (unpaired) electrons. The van der Waals surface area contributed by atoms with Crippen LogP contribution in [0.5, 0.6) is 5.75 Å². The third-order valence-corrected chi connectivity index (χ3v) is 3.79. The van der Waals surface area contributed by atoms with Gasteiger partial charge in [0.1, 0.15) is 12.3 Å². The van der Waals surface area contributed by atoms with Crippen molar-refractivity contribution in [3.63, 3.8) is 0 Å². The summed E-state index contributed by atoms with van der Waals surface area (Å²) in [5.41, 5.74) is 1.02. The van der Waals surface area contributed by atoms with Crippen LogP contribution in [0.3, 0.4) is 0 Å². The van der Waals surface area contributed by atoms with Crippen molar-refractivity contribution in [2.24, 2.45) is 0 Å². The Morgan fingerprint density at radius 3 is 2.69 bits per heavy atom. The Morgan fingerprint density at radius 1 is 1.23 bits per heavy atom. The minimum Gasteiger partial charge on any atom is -0.495 e. The quantitative estimate of drug-likeness (QED) is 0.746. The van der Waals surface area contributed by atoms with Crippen molar-refractivity contribution in [3.8, 4) is 17.0 Å². The fraction of sp³-hybridized carbons (Fsp3) is 0.111. The second-order valence-electron chi connectivity index (χ2n) is 5.34. The molecule has 3 aromatic rings. The number of aromatic nitrogens is 3. The van der Waals surface area contributed by atoms with Gasteiger partial charge in [0.05, 0.1) is 24.7 Å². The molecule has 3 rings (SSSR count). The smallest absolute Gasteiger partial charge is 0.365 e. The molecule has 0 aliphatic rings. The number of carbonyl (C=O) groups excluding carboxylic acids is 1. The molecule has 1 N–H and O–H groups in total. The maximum Gasteiger partial charge on any atom is 0.365 e. The maximum atomic E-state index is 12.2. The number of benzene rings is 2. The fourth-order valence-electron chi connectivity index (χ4n) is 2.32. The molecule has 2 aromatic carbocycles. The second kappa shape index (κ2) is 7.79. The highest BCUT2D eigenvalue weighted by atomic mass is 35.5. The van der Waals surface area contributed by atoms with Gasteiger partial charge >= 0.3 is 5.69 Å². The summed E-state index contributed by atoms with van der Waals surface area (Å²) < 4.78 is 6.15. The number of amides is 1. The average Bonchev–Trinajstić information content (AvgIpc) is 2.64. The van der Waals surface area contributed by atoms with Gasteiger partial charge in [-0.1, -0.05) is 41.9 Å². The molecule has 0 aliphatic carbocycles. The van der Waals surface area contributed by atoms with Crippen LogP contribution in [0.15, 0.2) is 59.5 Å². The lowest BCUT2D eigenvalue weighted by Crippen LogP contribution is -2.31. The standard InChI is InChI=1S/C18H15ClN4O3/c1-26-16-8-7-13(19)9-14(16)21-17(24)11-23-18(25)22-15(10-20-23)12-5-3-2-4-6-12/h2-10H,11H2,1H3,(H,21,24). The summed E-state index contributed by atoms with van der Waals surface area (Å²) in [4.78, 5) is 28.3. The van der Waals surface area contributed by atoms with Crippen LogP contribution in [-0.4, -0.2) is 27.8 Å². The van der Waals surface area contributed by atoms with Crippen molar-refractivity contribution in [1.82, 2.24) is 14.8 Å². The van der Waals surface area contributed by atoms with Gasteiger partial charge in [0.25, 0.3) is 0 Å². The number of carbonyl (C=O) groups is 1. The number of rotatable bonds is 5. The van der Waals surface area contributed by atoms with Crippen molar-refractivity contribution < 1.29 is 9.53 Å². The fourth-order valence-corrected chi connectivity index (χ4v) is 2.50. The summed E-state index contributed by atoms with van der Waals surface area (Å²) in [6.07, 6.45) is 1.45. The number of ether oxygens (including phenoxy) is 1. The molecular formula is C18H15ClN4O3. The Bertz CT molecular complexity index is 989. The lowest BCUT2D eigenvalue weighted by molar-refractivity contribution is -0.117. The molecule has 8 heteroatoms. The largest absolute Gasteiger partial charge is 0.495 e. The molecule has 0 spiro atoms. The lowest BCUT2D eigenvalue weighted by atomic mass is 10.2. The maximum absolute atomic E-state index is 12.2. The van der Waals surface area contributed by atoms with E-state index in [0.717, 1.165) is 10.2 Å². The Labute approximate surface area is 154 Å². The molecular weight excluding hydrogens is 356 g/mol. The van der Waals surface area contributed by atoms with Crippen LogP contribution in [0, 0.1) is 0 Å². The first-order valence-electron chi connectivity index (χ1n) is 7.70. The topological polar surface area (TPSA) is 86.1 Å². The Morgan fingerprint density at radius 2 is 2.00 bits per heavy atom. The summed E-state index contributed by atoms with van der Waals surface area (Å²) in [7, 11) is 1.48. The van der Waals surface area contributed by atoms with E-state index >= 15 is 0 Å². The van der Waals surface area contributed by atoms with Crippen LogP contribution in [0.2, 0.25) is 5.02 Å². The van der Waals surface area contributed by atoms with E-state index in [2.05, 4.69) is 15.4 Å². The first-order chi connectivity index (χ1) is 12.6. The van der Waals surface area contributed by atoms with E-state index < -0.39 is 11.6 Å². The first-order valence-corrected chi connectivity index (χ1v) is 8.07. The SMILES string of the molecule is COc1ccc(Cl)cc1NC(=O)Cn1ncc(-c2ccccc2)nc1=O. The average molecular weight is 371 g/mol. The highest BCUT2D eigenvalue weighted by molar-refractivity contribution is 6.31. The summed E-state index contributed by atoms with van der Waals surface area (Å²) in [5.74, 6) is 0.00929. The molecule has 0 saturated carbocycles. The van der Waals surface area contributed by atoms with Gasteiger partial charge < -0.3 is 10.1 Å². The van der Waals surface area contributed by atoms with E-state index in [-0.39, 0.29) is 6.54 Å². The van der Waals surface area contributed by atoms with Crippen molar-refractivity contribution in [2.45, 2.75) is 6.54 Å². The van der Waals surface area contributed by atoms with Gasteiger partial charge in [-0.05, 0) is 18.2 Å². The summed E-state index contributed by atoms with van der Waals surface area (Å²) in [5, 5.41) is 7.12. The molecule has 7 nitrogen and oxygen atoms in total. The zero-order valence-electron chi connectivity index (χ0n) is 13.8.